The maximum Gasteiger partial charge on any atom is 0.427 e. The van der Waals surface area contributed by atoms with Crippen molar-refractivity contribution in [2.24, 2.45) is 0 Å². The van der Waals surface area contributed by atoms with Gasteiger partial charge in [0.2, 0.25) is 0 Å². The largest absolute Gasteiger partial charge is 0.427 e. The molecular weight excluding hydrogens is 207 g/mol. The molecule has 1 radical (unpaired) electrons. The van der Waals surface area contributed by atoms with Crippen molar-refractivity contribution in [3.63, 3.8) is 0 Å². The van der Waals surface area contributed by atoms with Crippen LogP contribution in [0.2, 0.25) is 0 Å². The molecule has 6 heteroatoms. The molecule has 0 aliphatic carbocycles. The summed E-state index contributed by atoms with van der Waals surface area (Å²) >= 11 is 0. The molecule has 0 aromatic heterocycles. The summed E-state index contributed by atoms with van der Waals surface area (Å²) in [5.74, 6) is 0. The summed E-state index contributed by atoms with van der Waals surface area (Å²) in [4.78, 5) is 9.21. The molecule has 0 aromatic rings. The number of rotatable bonds is 10. The number of hydrogen-bond acceptors (Lipinski definition) is 5. The minimum absolute atomic E-state index is 0.413. The second kappa shape index (κ2) is 11.0. The highest BCUT2D eigenvalue weighted by atomic mass is 31.1. The van der Waals surface area contributed by atoms with E-state index in [1.807, 2.05) is 13.8 Å². The summed E-state index contributed by atoms with van der Waals surface area (Å²) in [6.45, 7) is 4.87. The zero-order valence-corrected chi connectivity index (χ0v) is 9.63. The summed E-state index contributed by atoms with van der Waals surface area (Å²) in [6, 6.07) is 0. The second-order valence-electron chi connectivity index (χ2n) is 2.72. The maximum atomic E-state index is 10.8. The summed E-state index contributed by atoms with van der Waals surface area (Å²) in [6.07, 6.45) is 3.71. The Balaban J connectivity index is 3.11. The van der Waals surface area contributed by atoms with E-state index in [2.05, 4.69) is 19.1 Å². The van der Waals surface area contributed by atoms with Gasteiger partial charge < -0.3 is 0 Å². The van der Waals surface area contributed by atoms with Gasteiger partial charge in [-0.05, 0) is 12.8 Å². The fourth-order valence-electron chi connectivity index (χ4n) is 0.580. The highest BCUT2D eigenvalue weighted by Gasteiger charge is 2.03. The molecule has 0 bridgehead atoms. The molecule has 0 rings (SSSR count). The van der Waals surface area contributed by atoms with Gasteiger partial charge in [-0.1, -0.05) is 26.7 Å². The molecule has 0 spiro atoms. The van der Waals surface area contributed by atoms with Crippen LogP contribution in [0.25, 0.3) is 0 Å². The van der Waals surface area contributed by atoms with Crippen LogP contribution >= 0.6 is 8.25 Å². The van der Waals surface area contributed by atoms with Crippen LogP contribution in [0.3, 0.4) is 0 Å². The smallest absolute Gasteiger partial charge is 0.223 e. The lowest BCUT2D eigenvalue weighted by Gasteiger charge is -2.01. The van der Waals surface area contributed by atoms with E-state index in [9.17, 15) is 4.57 Å². The van der Waals surface area contributed by atoms with Gasteiger partial charge in [-0.25, -0.2) is 14.3 Å². The Morgan fingerprint density at radius 2 is 1.36 bits per heavy atom. The first kappa shape index (κ1) is 13.9. The minimum atomic E-state index is -2.31. The Labute approximate surface area is 85.5 Å². The predicted molar refractivity (Wildman–Crippen MR) is 51.5 cm³/mol. The van der Waals surface area contributed by atoms with Crippen molar-refractivity contribution < 1.29 is 23.7 Å². The Morgan fingerprint density at radius 3 is 1.71 bits per heavy atom. The normalized spacial score (nSPS) is 10.4. The Bertz CT molecular complexity index is 128. The Hall–Kier alpha value is -0.0600. The van der Waals surface area contributed by atoms with Crippen molar-refractivity contribution in [2.45, 2.75) is 39.5 Å². The number of unbranched alkanes of at least 4 members (excludes halogenated alkanes) is 2. The van der Waals surface area contributed by atoms with Crippen LogP contribution < -0.4 is 0 Å². The molecule has 85 valence electrons. The fraction of sp³-hybridized carbons (Fsp3) is 1.00. The van der Waals surface area contributed by atoms with E-state index in [1.54, 1.807) is 0 Å². The first-order chi connectivity index (χ1) is 6.81. The lowest BCUT2D eigenvalue weighted by atomic mass is 10.4. The zero-order chi connectivity index (χ0) is 10.6. The van der Waals surface area contributed by atoms with E-state index in [0.29, 0.717) is 13.2 Å². The van der Waals surface area contributed by atoms with Crippen molar-refractivity contribution in [1.82, 2.24) is 0 Å². The molecule has 14 heavy (non-hydrogen) atoms. The van der Waals surface area contributed by atoms with Gasteiger partial charge in [-0.3, -0.25) is 0 Å². The second-order valence-corrected chi connectivity index (χ2v) is 3.47. The molecule has 0 atom stereocenters. The van der Waals surface area contributed by atoms with E-state index in [0.717, 1.165) is 25.7 Å². The molecule has 0 amide bonds. The molecular formula is C8H18O5P. The van der Waals surface area contributed by atoms with E-state index in [4.69, 9.17) is 0 Å². The molecule has 0 fully saturated rings. The van der Waals surface area contributed by atoms with E-state index in [1.165, 1.54) is 0 Å². The van der Waals surface area contributed by atoms with Crippen LogP contribution in [0.15, 0.2) is 0 Å². The summed E-state index contributed by atoms with van der Waals surface area (Å²) in [7, 11) is -2.31. The van der Waals surface area contributed by atoms with Gasteiger partial charge in [-0.2, -0.15) is 0 Å². The average Bonchev–Trinajstić information content (AvgIpc) is 2.19. The fourth-order valence-corrected chi connectivity index (χ4v) is 0.926. The molecule has 0 aliphatic rings. The third kappa shape index (κ3) is 10.0. The van der Waals surface area contributed by atoms with Crippen molar-refractivity contribution in [3.8, 4) is 0 Å². The van der Waals surface area contributed by atoms with Crippen molar-refractivity contribution in [2.75, 3.05) is 13.2 Å². The quantitative estimate of drug-likeness (QED) is 0.247. The minimum Gasteiger partial charge on any atom is -0.223 e. The zero-order valence-electron chi connectivity index (χ0n) is 8.73. The van der Waals surface area contributed by atoms with Gasteiger partial charge in [0.1, 0.15) is 0 Å². The topological polar surface area (TPSA) is 54.0 Å². The lowest BCUT2D eigenvalue weighted by Crippen LogP contribution is -1.94. The van der Waals surface area contributed by atoms with Crippen LogP contribution in [0.4, 0.5) is 0 Å². The SMILES string of the molecule is CCCCOO[P](=O)OOCCCC. The predicted octanol–water partition coefficient (Wildman–Crippen LogP) is 3.14. The molecule has 0 N–H and O–H groups in total. The summed E-state index contributed by atoms with van der Waals surface area (Å²) in [5.41, 5.74) is 0. The molecule has 0 aliphatic heterocycles. The van der Waals surface area contributed by atoms with Gasteiger partial charge in [0, 0.05) is 0 Å². The van der Waals surface area contributed by atoms with Gasteiger partial charge in [0.15, 0.2) is 0 Å². The third-order valence-corrected chi connectivity index (χ3v) is 1.84. The Morgan fingerprint density at radius 1 is 0.929 bits per heavy atom. The van der Waals surface area contributed by atoms with Gasteiger partial charge in [0.05, 0.1) is 13.2 Å². The van der Waals surface area contributed by atoms with Crippen LogP contribution in [-0.2, 0) is 23.7 Å². The lowest BCUT2D eigenvalue weighted by molar-refractivity contribution is -0.259. The maximum absolute atomic E-state index is 10.8. The highest BCUT2D eigenvalue weighted by molar-refractivity contribution is 7.32. The molecule has 5 nitrogen and oxygen atoms in total. The van der Waals surface area contributed by atoms with E-state index >= 15 is 0 Å². The first-order valence-electron chi connectivity index (χ1n) is 4.87. The van der Waals surface area contributed by atoms with Crippen molar-refractivity contribution in [3.05, 3.63) is 0 Å². The van der Waals surface area contributed by atoms with Crippen LogP contribution in [0.5, 0.6) is 0 Å². The van der Waals surface area contributed by atoms with E-state index < -0.39 is 8.25 Å². The summed E-state index contributed by atoms with van der Waals surface area (Å²) < 4.78 is 19.6. The summed E-state index contributed by atoms with van der Waals surface area (Å²) in [5, 5.41) is 0. The third-order valence-electron chi connectivity index (χ3n) is 1.39. The molecule has 0 heterocycles. The Kier molecular flexibility index (Phi) is 11.0. The first-order valence-corrected chi connectivity index (χ1v) is 5.97. The molecule has 0 saturated carbocycles. The molecule has 0 saturated heterocycles. The molecule has 0 aromatic carbocycles. The van der Waals surface area contributed by atoms with Crippen LogP contribution in [0, 0.1) is 0 Å². The monoisotopic (exact) mass is 225 g/mol. The van der Waals surface area contributed by atoms with Crippen molar-refractivity contribution in [1.29, 1.82) is 0 Å². The number of hydrogen-bond donors (Lipinski definition) is 0. The van der Waals surface area contributed by atoms with Gasteiger partial charge >= 0.3 is 8.25 Å². The van der Waals surface area contributed by atoms with Crippen LogP contribution in [0.1, 0.15) is 39.5 Å². The van der Waals surface area contributed by atoms with Gasteiger partial charge in [0.25, 0.3) is 0 Å². The standard InChI is InChI=1S/C8H18O5P/c1-3-5-7-10-12-14(9)13-11-8-6-4-2/h3-8H2,1-2H3. The average molecular weight is 225 g/mol. The van der Waals surface area contributed by atoms with Crippen molar-refractivity contribution >= 4 is 8.25 Å². The van der Waals surface area contributed by atoms with Gasteiger partial charge in [-0.15, -0.1) is 9.35 Å². The van der Waals surface area contributed by atoms with E-state index in [-0.39, 0.29) is 0 Å². The van der Waals surface area contributed by atoms with Crippen LogP contribution in [-0.4, -0.2) is 13.2 Å². The molecule has 0 unspecified atom stereocenters. The highest BCUT2D eigenvalue weighted by Crippen LogP contribution is 2.24.